The molecule has 1 aromatic heterocycles. The number of carbonyl (C=O) groups is 5. The maximum absolute atomic E-state index is 13.5. The maximum Gasteiger partial charge on any atom is 0.322 e. The second-order valence-corrected chi connectivity index (χ2v) is 13.3. The zero-order valence-corrected chi connectivity index (χ0v) is 29.8. The number of ether oxygens (including phenoxy) is 1. The maximum atomic E-state index is 13.5. The van der Waals surface area contributed by atoms with Gasteiger partial charge in [-0.25, -0.2) is 0 Å². The number of benzene rings is 2. The number of aryl methyl sites for hydroxylation is 1. The summed E-state index contributed by atoms with van der Waals surface area (Å²) < 4.78 is 6.55. The summed E-state index contributed by atoms with van der Waals surface area (Å²) in [6, 6.07) is 12.9. The van der Waals surface area contributed by atoms with Crippen molar-refractivity contribution in [2.24, 2.45) is 13.0 Å². The summed E-state index contributed by atoms with van der Waals surface area (Å²) in [4.78, 5) is 78.3. The standard InChI is InChI=1S/C37H48N6O9/c1-23(2)17-28(41-31(45)20-26(18-24-7-5-4-6-8-24)40-30(44)11-12-43-13-15-52-16-14-43)35(49)38-21-25-9-10-29-27(19-25)34(48)33(37(51)42(29)3)36(50)39-22-32(46)47/h4-10,19,23,26,28,48H,11-18,20-22H2,1-3H3,(H,38,49)(H,39,50)(H,40,44)(H,41,45)(H,46,47)/t26-,28-/m0/s1. The molecule has 3 aromatic rings. The number of carboxylic acid groups (broad SMARTS) is 1. The molecule has 2 heterocycles. The summed E-state index contributed by atoms with van der Waals surface area (Å²) in [5.41, 5.74) is 0.398. The largest absolute Gasteiger partial charge is 0.506 e. The summed E-state index contributed by atoms with van der Waals surface area (Å²) in [6.07, 6.45) is 1.03. The number of aromatic nitrogens is 1. The predicted octanol–water partition coefficient (Wildman–Crippen LogP) is 1.05. The highest BCUT2D eigenvalue weighted by atomic mass is 16.5. The Bertz CT molecular complexity index is 1800. The van der Waals surface area contributed by atoms with Gasteiger partial charge in [-0.05, 0) is 42.0 Å². The molecule has 1 aliphatic rings. The van der Waals surface area contributed by atoms with Crippen molar-refractivity contribution in [2.45, 2.75) is 58.2 Å². The van der Waals surface area contributed by atoms with Crippen molar-refractivity contribution in [3.63, 3.8) is 0 Å². The van der Waals surface area contributed by atoms with E-state index in [4.69, 9.17) is 9.84 Å². The summed E-state index contributed by atoms with van der Waals surface area (Å²) in [7, 11) is 1.42. The lowest BCUT2D eigenvalue weighted by Gasteiger charge is -2.27. The minimum atomic E-state index is -1.32. The van der Waals surface area contributed by atoms with Crippen LogP contribution in [0.3, 0.4) is 0 Å². The first-order chi connectivity index (χ1) is 24.8. The molecule has 0 spiro atoms. The fourth-order valence-corrected chi connectivity index (χ4v) is 6.09. The van der Waals surface area contributed by atoms with Gasteiger partial charge in [0.1, 0.15) is 23.9 Å². The number of amides is 4. The van der Waals surface area contributed by atoms with Crippen LogP contribution in [0.4, 0.5) is 0 Å². The molecule has 0 saturated carbocycles. The molecule has 2 aromatic carbocycles. The number of aliphatic carboxylic acids is 1. The van der Waals surface area contributed by atoms with E-state index in [-0.39, 0.29) is 42.5 Å². The molecule has 0 unspecified atom stereocenters. The van der Waals surface area contributed by atoms with Crippen LogP contribution in [0.25, 0.3) is 10.9 Å². The number of pyridine rings is 1. The number of rotatable bonds is 17. The lowest BCUT2D eigenvalue weighted by molar-refractivity contribution is -0.135. The fraction of sp³-hybridized carbons (Fsp3) is 0.459. The Morgan fingerprint density at radius 1 is 0.923 bits per heavy atom. The number of hydrogen-bond donors (Lipinski definition) is 6. The first-order valence-electron chi connectivity index (χ1n) is 17.4. The van der Waals surface area contributed by atoms with Crippen LogP contribution >= 0.6 is 0 Å². The average Bonchev–Trinajstić information content (AvgIpc) is 3.11. The number of nitrogens with one attached hydrogen (secondary N) is 4. The van der Waals surface area contributed by atoms with Crippen molar-refractivity contribution in [3.05, 3.63) is 75.6 Å². The molecule has 0 bridgehead atoms. The lowest BCUT2D eigenvalue weighted by Crippen LogP contribution is -2.49. The van der Waals surface area contributed by atoms with Crippen LogP contribution in [0.2, 0.25) is 0 Å². The van der Waals surface area contributed by atoms with Gasteiger partial charge in [-0.1, -0.05) is 50.2 Å². The molecule has 280 valence electrons. The second-order valence-electron chi connectivity index (χ2n) is 13.3. The quantitative estimate of drug-likeness (QED) is 0.117. The Hall–Kier alpha value is -5.28. The molecule has 52 heavy (non-hydrogen) atoms. The van der Waals surface area contributed by atoms with Gasteiger partial charge in [0, 0.05) is 57.5 Å². The van der Waals surface area contributed by atoms with Gasteiger partial charge < -0.3 is 40.8 Å². The normalized spacial score (nSPS) is 14.4. The van der Waals surface area contributed by atoms with Crippen molar-refractivity contribution in [1.82, 2.24) is 30.7 Å². The zero-order chi connectivity index (χ0) is 37.8. The minimum Gasteiger partial charge on any atom is -0.506 e. The van der Waals surface area contributed by atoms with Crippen molar-refractivity contribution in [1.29, 1.82) is 0 Å². The molecule has 15 nitrogen and oxygen atoms in total. The number of hydrogen-bond acceptors (Lipinski definition) is 9. The fourth-order valence-electron chi connectivity index (χ4n) is 6.09. The lowest BCUT2D eigenvalue weighted by atomic mass is 10.0. The van der Waals surface area contributed by atoms with Gasteiger partial charge in [0.05, 0.1) is 18.7 Å². The number of carboxylic acids is 1. The van der Waals surface area contributed by atoms with Crippen molar-refractivity contribution in [3.8, 4) is 5.75 Å². The van der Waals surface area contributed by atoms with E-state index in [1.165, 1.54) is 17.7 Å². The highest BCUT2D eigenvalue weighted by molar-refractivity contribution is 6.03. The van der Waals surface area contributed by atoms with Crippen molar-refractivity contribution >= 4 is 40.5 Å². The van der Waals surface area contributed by atoms with Gasteiger partial charge in [0.25, 0.3) is 11.5 Å². The van der Waals surface area contributed by atoms with Crippen LogP contribution in [-0.2, 0) is 43.9 Å². The third kappa shape index (κ3) is 11.4. The molecule has 15 heteroatoms. The molecule has 0 aliphatic carbocycles. The van der Waals surface area contributed by atoms with Crippen LogP contribution in [0.1, 0.15) is 54.6 Å². The summed E-state index contributed by atoms with van der Waals surface area (Å²) in [6.45, 7) is 6.51. The average molecular weight is 721 g/mol. The van der Waals surface area contributed by atoms with Gasteiger partial charge in [-0.2, -0.15) is 0 Å². The highest BCUT2D eigenvalue weighted by Crippen LogP contribution is 2.27. The Morgan fingerprint density at radius 2 is 1.63 bits per heavy atom. The Labute approximate surface area is 301 Å². The zero-order valence-electron chi connectivity index (χ0n) is 29.8. The minimum absolute atomic E-state index is 0.00209. The molecule has 4 amide bonds. The number of aromatic hydroxyl groups is 1. The van der Waals surface area contributed by atoms with Gasteiger partial charge in [0.2, 0.25) is 17.7 Å². The monoisotopic (exact) mass is 720 g/mol. The molecule has 4 rings (SSSR count). The highest BCUT2D eigenvalue weighted by Gasteiger charge is 2.26. The van der Waals surface area contributed by atoms with E-state index >= 15 is 0 Å². The first kappa shape index (κ1) is 39.5. The third-order valence-electron chi connectivity index (χ3n) is 8.77. The van der Waals surface area contributed by atoms with Crippen LogP contribution in [-0.4, -0.2) is 101 Å². The van der Waals surface area contributed by atoms with E-state index in [9.17, 15) is 33.9 Å². The van der Waals surface area contributed by atoms with Gasteiger partial charge >= 0.3 is 5.97 Å². The van der Waals surface area contributed by atoms with Crippen LogP contribution in [0.5, 0.6) is 5.75 Å². The van der Waals surface area contributed by atoms with E-state index < -0.39 is 53.3 Å². The smallest absolute Gasteiger partial charge is 0.322 e. The van der Waals surface area contributed by atoms with Crippen molar-refractivity contribution < 1.29 is 38.9 Å². The van der Waals surface area contributed by atoms with Crippen LogP contribution in [0, 0.1) is 5.92 Å². The molecular weight excluding hydrogens is 672 g/mol. The summed E-state index contributed by atoms with van der Waals surface area (Å²) in [5.74, 6) is -3.89. The predicted molar refractivity (Wildman–Crippen MR) is 193 cm³/mol. The number of nitrogens with zero attached hydrogens (tertiary/aromatic N) is 2. The third-order valence-corrected chi connectivity index (χ3v) is 8.77. The Morgan fingerprint density at radius 3 is 2.31 bits per heavy atom. The second kappa shape index (κ2) is 18.8. The summed E-state index contributed by atoms with van der Waals surface area (Å²) in [5, 5.41) is 30.8. The van der Waals surface area contributed by atoms with E-state index in [1.54, 1.807) is 12.1 Å². The molecule has 0 radical (unpaired) electrons. The Kier molecular flexibility index (Phi) is 14.3. The molecule has 1 aliphatic heterocycles. The number of fused-ring (bicyclic) bond motifs is 1. The van der Waals surface area contributed by atoms with Gasteiger partial charge in [0.15, 0.2) is 0 Å². The summed E-state index contributed by atoms with van der Waals surface area (Å²) >= 11 is 0. The topological polar surface area (TPSA) is 208 Å². The molecule has 6 N–H and O–H groups in total. The van der Waals surface area contributed by atoms with Crippen LogP contribution < -0.4 is 26.8 Å². The Balaban J connectivity index is 1.43. The number of morpholine rings is 1. The first-order valence-corrected chi connectivity index (χ1v) is 17.4. The van der Waals surface area contributed by atoms with E-state index in [2.05, 4.69) is 26.2 Å². The molecular formula is C37H48N6O9. The van der Waals surface area contributed by atoms with E-state index in [1.807, 2.05) is 44.2 Å². The molecule has 1 saturated heterocycles. The van der Waals surface area contributed by atoms with Gasteiger partial charge in [-0.15, -0.1) is 0 Å². The van der Waals surface area contributed by atoms with Crippen LogP contribution in [0.15, 0.2) is 53.3 Å². The van der Waals surface area contributed by atoms with E-state index in [0.29, 0.717) is 43.7 Å². The molecule has 2 atom stereocenters. The molecule has 1 fully saturated rings. The SMILES string of the molecule is CC(C)C[C@H](NC(=O)C[C@H](Cc1ccccc1)NC(=O)CCN1CCOCC1)C(=O)NCc1ccc2c(c1)c(O)c(C(=O)NCC(=O)O)c(=O)n2C. The van der Waals surface area contributed by atoms with E-state index in [0.717, 1.165) is 18.7 Å². The number of carbonyl (C=O) groups excluding carboxylic acids is 4. The van der Waals surface area contributed by atoms with Gasteiger partial charge in [-0.3, -0.25) is 33.7 Å². The van der Waals surface area contributed by atoms with Crippen molar-refractivity contribution in [2.75, 3.05) is 39.4 Å².